The van der Waals surface area contributed by atoms with Gasteiger partial charge in [-0.05, 0) is 38.5 Å². The number of aliphatic hydroxyl groups is 7. The Morgan fingerprint density at radius 2 is 1.36 bits per heavy atom. The molecule has 2 aliphatic rings. The van der Waals surface area contributed by atoms with E-state index in [4.69, 9.17) is 18.9 Å². The monoisotopic (exact) mass is 604 g/mol. The van der Waals surface area contributed by atoms with E-state index < -0.39 is 80.6 Å². The van der Waals surface area contributed by atoms with E-state index >= 15 is 0 Å². The quantitative estimate of drug-likeness (QED) is 0.0628. The first-order valence-corrected chi connectivity index (χ1v) is 15.3. The van der Waals surface area contributed by atoms with E-state index in [1.807, 2.05) is 0 Å². The summed E-state index contributed by atoms with van der Waals surface area (Å²) in [6.07, 6.45) is 4.74. The van der Waals surface area contributed by atoms with Crippen molar-refractivity contribution in [2.75, 3.05) is 13.2 Å². The highest BCUT2D eigenvalue weighted by Crippen LogP contribution is 2.29. The maximum absolute atomic E-state index is 12.2. The molecule has 0 aromatic carbocycles. The highest BCUT2D eigenvalue weighted by Gasteiger charge is 2.50. The highest BCUT2D eigenvalue weighted by atomic mass is 16.7. The van der Waals surface area contributed by atoms with E-state index in [1.54, 1.807) is 0 Å². The number of carbonyl (C=O) groups excluding carboxylic acids is 1. The van der Waals surface area contributed by atoms with E-state index in [1.165, 1.54) is 19.3 Å². The normalized spacial score (nSPS) is 33.9. The molecule has 42 heavy (non-hydrogen) atoms. The van der Waals surface area contributed by atoms with Gasteiger partial charge in [-0.2, -0.15) is 0 Å². The number of allylic oxidation sites excluding steroid dienone is 4. The third-order valence-corrected chi connectivity index (χ3v) is 7.54. The number of carbonyl (C=O) groups is 1. The van der Waals surface area contributed by atoms with Crippen molar-refractivity contribution in [3.05, 3.63) is 24.3 Å². The first-order valence-electron chi connectivity index (χ1n) is 15.3. The fourth-order valence-electron chi connectivity index (χ4n) is 4.88. The third-order valence-electron chi connectivity index (χ3n) is 7.54. The van der Waals surface area contributed by atoms with E-state index in [0.29, 0.717) is 6.42 Å². The summed E-state index contributed by atoms with van der Waals surface area (Å²) >= 11 is 0. The van der Waals surface area contributed by atoms with Crippen molar-refractivity contribution < 1.29 is 59.5 Å². The molecule has 0 radical (unpaired) electrons. The Balaban J connectivity index is 1.64. The van der Waals surface area contributed by atoms with Crippen molar-refractivity contribution in [2.24, 2.45) is 0 Å². The Bertz CT molecular complexity index is 790. The smallest absolute Gasteiger partial charge is 0.305 e. The van der Waals surface area contributed by atoms with E-state index in [9.17, 15) is 40.5 Å². The molecule has 0 aromatic heterocycles. The van der Waals surface area contributed by atoms with Crippen molar-refractivity contribution in [1.82, 2.24) is 0 Å². The van der Waals surface area contributed by atoms with Crippen molar-refractivity contribution >= 4 is 5.97 Å². The van der Waals surface area contributed by atoms with Gasteiger partial charge in [-0.15, -0.1) is 0 Å². The standard InChI is InChI=1S/C30H52O12/c1-2-3-4-5-6-7-8-9-10-11-12-13-14-15-16-17-22(32)39-19-21-23(33)24(34)27(37)30(41-21)42-28-20(18-31)40-29(38)26(36)25(28)35/h6-7,9-10,20-21,23-31,33-38H,2-5,8,11-19H2,1H3/t20-,21-,23-,24+,25-,26-,27-,28-,29-,30+/m1/s1. The van der Waals surface area contributed by atoms with Crippen LogP contribution in [0, 0.1) is 0 Å². The molecule has 0 aliphatic carbocycles. The van der Waals surface area contributed by atoms with Crippen LogP contribution < -0.4 is 0 Å². The molecule has 7 N–H and O–H groups in total. The summed E-state index contributed by atoms with van der Waals surface area (Å²) in [5.74, 6) is -0.497. The summed E-state index contributed by atoms with van der Waals surface area (Å²) in [5, 5.41) is 70.2. The van der Waals surface area contributed by atoms with Gasteiger partial charge in [-0.3, -0.25) is 4.79 Å². The third kappa shape index (κ3) is 12.3. The Kier molecular flexibility index (Phi) is 17.9. The molecule has 2 aliphatic heterocycles. The lowest BCUT2D eigenvalue weighted by Crippen LogP contribution is -2.64. The number of unbranched alkanes of at least 4 members (excludes halogenated alkanes) is 8. The molecule has 0 aromatic rings. The van der Waals surface area contributed by atoms with Crippen LogP contribution in [0.1, 0.15) is 84.0 Å². The lowest BCUT2D eigenvalue weighted by Gasteiger charge is -2.45. The highest BCUT2D eigenvalue weighted by molar-refractivity contribution is 5.69. The maximum atomic E-state index is 12.2. The van der Waals surface area contributed by atoms with Crippen molar-refractivity contribution in [3.8, 4) is 0 Å². The molecule has 0 spiro atoms. The molecule has 10 atom stereocenters. The minimum absolute atomic E-state index is 0.183. The lowest BCUT2D eigenvalue weighted by molar-refractivity contribution is -0.355. The topological polar surface area (TPSA) is 196 Å². The maximum Gasteiger partial charge on any atom is 0.305 e. The summed E-state index contributed by atoms with van der Waals surface area (Å²) in [6, 6.07) is 0. The predicted molar refractivity (Wildman–Crippen MR) is 152 cm³/mol. The number of hydrogen-bond donors (Lipinski definition) is 7. The molecule has 244 valence electrons. The summed E-state index contributed by atoms with van der Waals surface area (Å²) in [4.78, 5) is 12.2. The van der Waals surface area contributed by atoms with Crippen LogP contribution in [0.3, 0.4) is 0 Å². The number of rotatable bonds is 19. The van der Waals surface area contributed by atoms with Crippen LogP contribution >= 0.6 is 0 Å². The Morgan fingerprint density at radius 1 is 0.714 bits per heavy atom. The fraction of sp³-hybridized carbons (Fsp3) is 0.833. The Labute approximate surface area is 248 Å². The fourth-order valence-corrected chi connectivity index (χ4v) is 4.88. The van der Waals surface area contributed by atoms with Gasteiger partial charge in [-0.25, -0.2) is 0 Å². The van der Waals surface area contributed by atoms with Gasteiger partial charge >= 0.3 is 5.97 Å². The Hall–Kier alpha value is -1.45. The zero-order valence-corrected chi connectivity index (χ0v) is 24.7. The van der Waals surface area contributed by atoms with Gasteiger partial charge in [0.15, 0.2) is 12.6 Å². The van der Waals surface area contributed by atoms with Gasteiger partial charge in [0.05, 0.1) is 6.61 Å². The zero-order chi connectivity index (χ0) is 30.9. The predicted octanol–water partition coefficient (Wildman–Crippen LogP) is 0.967. The average molecular weight is 605 g/mol. The van der Waals surface area contributed by atoms with Gasteiger partial charge in [0, 0.05) is 6.42 Å². The molecular formula is C30H52O12. The van der Waals surface area contributed by atoms with Crippen molar-refractivity contribution in [2.45, 2.75) is 145 Å². The molecule has 2 saturated heterocycles. The van der Waals surface area contributed by atoms with Crippen LogP contribution in [0.5, 0.6) is 0 Å². The molecule has 0 bridgehead atoms. The molecule has 12 nitrogen and oxygen atoms in total. The van der Waals surface area contributed by atoms with E-state index in [0.717, 1.165) is 44.9 Å². The van der Waals surface area contributed by atoms with Gasteiger partial charge in [0.1, 0.15) is 55.4 Å². The average Bonchev–Trinajstić information content (AvgIpc) is 2.98. The van der Waals surface area contributed by atoms with Crippen molar-refractivity contribution in [3.63, 3.8) is 0 Å². The lowest BCUT2D eigenvalue weighted by atomic mass is 9.97. The van der Waals surface area contributed by atoms with Gasteiger partial charge in [-0.1, -0.05) is 63.3 Å². The molecule has 0 saturated carbocycles. The summed E-state index contributed by atoms with van der Waals surface area (Å²) in [5.41, 5.74) is 0. The SMILES string of the molecule is CCCCCC=CCC=CCCCCCCCC(=O)OC[C@H]1O[C@@H](O[C@H]2[C@H](O)[C@@H](O)[C@H](O)O[C@@H]2CO)[C@H](O)[C@@H](O)[C@@H]1O. The molecular weight excluding hydrogens is 552 g/mol. The minimum atomic E-state index is -1.77. The summed E-state index contributed by atoms with van der Waals surface area (Å²) < 4.78 is 21.2. The second kappa shape index (κ2) is 20.5. The van der Waals surface area contributed by atoms with Gasteiger partial charge in [0.25, 0.3) is 0 Å². The van der Waals surface area contributed by atoms with Gasteiger partial charge in [0.2, 0.25) is 0 Å². The van der Waals surface area contributed by atoms with Crippen LogP contribution in [0.4, 0.5) is 0 Å². The molecule has 12 heteroatoms. The zero-order valence-electron chi connectivity index (χ0n) is 24.7. The largest absolute Gasteiger partial charge is 0.463 e. The van der Waals surface area contributed by atoms with E-state index in [2.05, 4.69) is 31.2 Å². The molecule has 0 unspecified atom stereocenters. The van der Waals surface area contributed by atoms with Crippen LogP contribution in [0.2, 0.25) is 0 Å². The van der Waals surface area contributed by atoms with E-state index in [-0.39, 0.29) is 6.42 Å². The van der Waals surface area contributed by atoms with Gasteiger partial charge < -0.3 is 54.7 Å². The number of hydrogen-bond acceptors (Lipinski definition) is 12. The molecule has 2 rings (SSSR count). The summed E-state index contributed by atoms with van der Waals surface area (Å²) in [6.45, 7) is 1.09. The second-order valence-corrected chi connectivity index (χ2v) is 11.0. The van der Waals surface area contributed by atoms with Crippen LogP contribution in [0.15, 0.2) is 24.3 Å². The summed E-state index contributed by atoms with van der Waals surface area (Å²) in [7, 11) is 0. The molecule has 0 amide bonds. The second-order valence-electron chi connectivity index (χ2n) is 11.0. The minimum Gasteiger partial charge on any atom is -0.463 e. The van der Waals surface area contributed by atoms with Crippen LogP contribution in [-0.4, -0.2) is 116 Å². The molecule has 2 fully saturated rings. The Morgan fingerprint density at radius 3 is 2.02 bits per heavy atom. The molecule has 2 heterocycles. The first kappa shape index (κ1) is 36.7. The number of aliphatic hydroxyl groups excluding tert-OH is 7. The number of esters is 1. The van der Waals surface area contributed by atoms with Crippen LogP contribution in [0.25, 0.3) is 0 Å². The number of ether oxygens (including phenoxy) is 4. The first-order chi connectivity index (χ1) is 20.2. The van der Waals surface area contributed by atoms with Crippen molar-refractivity contribution in [1.29, 1.82) is 0 Å². The van der Waals surface area contributed by atoms with Crippen LogP contribution in [-0.2, 0) is 23.7 Å².